The highest BCUT2D eigenvalue weighted by Crippen LogP contribution is 2.68. The van der Waals surface area contributed by atoms with Gasteiger partial charge in [-0.15, -0.1) is 0 Å². The van der Waals surface area contributed by atoms with Crippen LogP contribution >= 0.6 is 11.8 Å². The average Bonchev–Trinajstić information content (AvgIpc) is 2.79. The molecule has 140 valence electrons. The Kier molecular flexibility index (Phi) is 4.24. The van der Waals surface area contributed by atoms with Crippen molar-refractivity contribution in [1.29, 1.82) is 0 Å². The van der Waals surface area contributed by atoms with E-state index in [4.69, 9.17) is 0 Å². The summed E-state index contributed by atoms with van der Waals surface area (Å²) >= 11 is 2.11. The van der Waals surface area contributed by atoms with Gasteiger partial charge in [-0.05, 0) is 85.9 Å². The molecule has 7 atom stereocenters. The SMILES string of the molecule is CCS[C@@H]1CC2=CC(=O)CC[C@]2(C)[C@H]2CC[C@@]3(C)[C@@H](CC[C@]3(C)O)[C@H]12. The van der Waals surface area contributed by atoms with Crippen molar-refractivity contribution in [2.75, 3.05) is 5.75 Å². The van der Waals surface area contributed by atoms with Crippen LogP contribution in [-0.4, -0.2) is 27.5 Å². The lowest BCUT2D eigenvalue weighted by atomic mass is 9.46. The molecular weight excluding hydrogens is 328 g/mol. The molecule has 0 bridgehead atoms. The van der Waals surface area contributed by atoms with Gasteiger partial charge in [0.2, 0.25) is 0 Å². The molecule has 0 amide bonds. The van der Waals surface area contributed by atoms with Crippen molar-refractivity contribution < 1.29 is 9.90 Å². The summed E-state index contributed by atoms with van der Waals surface area (Å²) in [6, 6.07) is 0. The van der Waals surface area contributed by atoms with Crippen molar-refractivity contribution in [3.05, 3.63) is 11.6 Å². The Balaban J connectivity index is 1.76. The fraction of sp³-hybridized carbons (Fsp3) is 0.864. The van der Waals surface area contributed by atoms with E-state index in [1.807, 2.05) is 6.08 Å². The van der Waals surface area contributed by atoms with Gasteiger partial charge in [-0.1, -0.05) is 26.3 Å². The van der Waals surface area contributed by atoms with Crippen molar-refractivity contribution >= 4 is 17.5 Å². The second-order valence-corrected chi connectivity index (χ2v) is 11.3. The molecule has 3 fully saturated rings. The van der Waals surface area contributed by atoms with E-state index in [1.54, 1.807) is 0 Å². The molecule has 0 aromatic carbocycles. The standard InChI is InChI=1S/C22H34O2S/c1-5-25-18-13-14-12-15(23)6-9-20(14,2)16-7-10-21(3)17(19(16)18)8-11-22(21,4)24/h12,16-19,24H,5-11,13H2,1-4H3/t16-,17-,18+,19+,20-,21-,22-/m0/s1. The fourth-order valence-electron chi connectivity index (χ4n) is 7.13. The number of hydrogen-bond donors (Lipinski definition) is 1. The van der Waals surface area contributed by atoms with Crippen molar-refractivity contribution in [2.45, 2.75) is 83.5 Å². The summed E-state index contributed by atoms with van der Waals surface area (Å²) in [5, 5.41) is 11.7. The van der Waals surface area contributed by atoms with Gasteiger partial charge < -0.3 is 5.11 Å². The molecule has 2 nitrogen and oxygen atoms in total. The van der Waals surface area contributed by atoms with Crippen molar-refractivity contribution in [2.24, 2.45) is 28.6 Å². The van der Waals surface area contributed by atoms with Crippen molar-refractivity contribution in [3.63, 3.8) is 0 Å². The maximum atomic E-state index is 12.1. The zero-order valence-electron chi connectivity index (χ0n) is 16.3. The van der Waals surface area contributed by atoms with Gasteiger partial charge in [0.25, 0.3) is 0 Å². The first-order valence-corrected chi connectivity index (χ1v) is 11.4. The lowest BCUT2D eigenvalue weighted by Gasteiger charge is -2.61. The molecule has 4 rings (SSSR count). The largest absolute Gasteiger partial charge is 0.390 e. The van der Waals surface area contributed by atoms with E-state index in [9.17, 15) is 9.90 Å². The van der Waals surface area contributed by atoms with Gasteiger partial charge in [0.05, 0.1) is 5.60 Å². The van der Waals surface area contributed by atoms with Crippen LogP contribution in [0.3, 0.4) is 0 Å². The van der Waals surface area contributed by atoms with E-state index in [-0.39, 0.29) is 10.8 Å². The zero-order valence-corrected chi connectivity index (χ0v) is 17.1. The average molecular weight is 363 g/mol. The molecular formula is C22H34O2S. The maximum absolute atomic E-state index is 12.1. The molecule has 0 aliphatic heterocycles. The lowest BCUT2D eigenvalue weighted by molar-refractivity contribution is -0.123. The van der Waals surface area contributed by atoms with Crippen LogP contribution < -0.4 is 0 Å². The van der Waals surface area contributed by atoms with E-state index in [2.05, 4.69) is 39.5 Å². The molecule has 4 aliphatic rings. The third-order valence-corrected chi connectivity index (χ3v) is 10.1. The maximum Gasteiger partial charge on any atom is 0.155 e. The molecule has 0 spiro atoms. The van der Waals surface area contributed by atoms with Gasteiger partial charge in [-0.25, -0.2) is 0 Å². The highest BCUT2D eigenvalue weighted by atomic mass is 32.2. The number of ketones is 1. The van der Waals surface area contributed by atoms with E-state index < -0.39 is 5.60 Å². The molecule has 0 heterocycles. The van der Waals surface area contributed by atoms with Gasteiger partial charge in [0.15, 0.2) is 5.78 Å². The summed E-state index contributed by atoms with van der Waals surface area (Å²) in [6.07, 6.45) is 9.38. The van der Waals surface area contributed by atoms with Crippen LogP contribution in [0.1, 0.15) is 72.6 Å². The molecule has 0 aromatic rings. The molecule has 3 saturated carbocycles. The van der Waals surface area contributed by atoms with Crippen LogP contribution in [-0.2, 0) is 4.79 Å². The predicted octanol–water partition coefficient (Wildman–Crippen LogP) is 5.00. The Morgan fingerprint density at radius 1 is 1.16 bits per heavy atom. The first-order valence-electron chi connectivity index (χ1n) is 10.3. The summed E-state index contributed by atoms with van der Waals surface area (Å²) in [7, 11) is 0. The van der Waals surface area contributed by atoms with Crippen LogP contribution in [0.4, 0.5) is 0 Å². The van der Waals surface area contributed by atoms with E-state index in [0.29, 0.717) is 28.8 Å². The second kappa shape index (κ2) is 5.86. The Bertz CT molecular complexity index is 609. The molecule has 0 saturated heterocycles. The van der Waals surface area contributed by atoms with Crippen LogP contribution in [0.5, 0.6) is 0 Å². The van der Waals surface area contributed by atoms with Gasteiger partial charge in [0.1, 0.15) is 0 Å². The monoisotopic (exact) mass is 362 g/mol. The van der Waals surface area contributed by atoms with E-state index in [0.717, 1.165) is 37.9 Å². The van der Waals surface area contributed by atoms with Gasteiger partial charge in [0, 0.05) is 11.7 Å². The Labute approximate surface area is 157 Å². The third kappa shape index (κ3) is 2.44. The molecule has 25 heavy (non-hydrogen) atoms. The lowest BCUT2D eigenvalue weighted by Crippen LogP contribution is -2.57. The highest BCUT2D eigenvalue weighted by Gasteiger charge is 2.64. The molecule has 4 aliphatic carbocycles. The second-order valence-electron chi connectivity index (χ2n) is 9.81. The van der Waals surface area contributed by atoms with Crippen molar-refractivity contribution in [3.8, 4) is 0 Å². The summed E-state index contributed by atoms with van der Waals surface area (Å²) in [5.74, 6) is 3.52. The molecule has 3 heteroatoms. The number of hydrogen-bond acceptors (Lipinski definition) is 3. The quantitative estimate of drug-likeness (QED) is 0.751. The van der Waals surface area contributed by atoms with E-state index in [1.165, 1.54) is 18.4 Å². The molecule has 0 unspecified atom stereocenters. The van der Waals surface area contributed by atoms with E-state index >= 15 is 0 Å². The minimum Gasteiger partial charge on any atom is -0.390 e. The number of thioether (sulfide) groups is 1. The van der Waals surface area contributed by atoms with Gasteiger partial charge in [-0.2, -0.15) is 11.8 Å². The summed E-state index contributed by atoms with van der Waals surface area (Å²) in [6.45, 7) is 9.17. The first-order chi connectivity index (χ1) is 11.7. The predicted molar refractivity (Wildman–Crippen MR) is 105 cm³/mol. The van der Waals surface area contributed by atoms with Gasteiger partial charge >= 0.3 is 0 Å². The van der Waals surface area contributed by atoms with Crippen LogP contribution in [0, 0.1) is 28.6 Å². The molecule has 1 N–H and O–H groups in total. The summed E-state index contributed by atoms with van der Waals surface area (Å²) in [4.78, 5) is 12.1. The number of rotatable bonds is 2. The van der Waals surface area contributed by atoms with Crippen LogP contribution in [0.25, 0.3) is 0 Å². The normalized spacial score (nSPS) is 52.2. The number of carbonyl (C=O) groups is 1. The number of fused-ring (bicyclic) bond motifs is 5. The van der Waals surface area contributed by atoms with Crippen LogP contribution in [0.15, 0.2) is 11.6 Å². The highest BCUT2D eigenvalue weighted by molar-refractivity contribution is 7.99. The summed E-state index contributed by atoms with van der Waals surface area (Å²) < 4.78 is 0. The molecule has 0 aromatic heterocycles. The Hall–Kier alpha value is -0.280. The smallest absolute Gasteiger partial charge is 0.155 e. The number of aliphatic hydroxyl groups is 1. The van der Waals surface area contributed by atoms with Crippen molar-refractivity contribution in [1.82, 2.24) is 0 Å². The number of carbonyl (C=O) groups excluding carboxylic acids is 1. The Morgan fingerprint density at radius 3 is 2.60 bits per heavy atom. The first kappa shape index (κ1) is 18.1. The third-order valence-electron chi connectivity index (χ3n) is 8.90. The summed E-state index contributed by atoms with van der Waals surface area (Å²) in [5.41, 5.74) is 1.23. The fourth-order valence-corrected chi connectivity index (χ4v) is 8.46. The topological polar surface area (TPSA) is 37.3 Å². The minimum atomic E-state index is -0.510. The number of allylic oxidation sites excluding steroid dienone is 1. The minimum absolute atomic E-state index is 0.0722. The van der Waals surface area contributed by atoms with Gasteiger partial charge in [-0.3, -0.25) is 4.79 Å². The zero-order chi connectivity index (χ0) is 18.0. The Morgan fingerprint density at radius 2 is 1.88 bits per heavy atom. The van der Waals surface area contributed by atoms with Crippen LogP contribution in [0.2, 0.25) is 0 Å². The molecule has 0 radical (unpaired) electrons.